The Morgan fingerprint density at radius 1 is 1.69 bits per heavy atom. The van der Waals surface area contributed by atoms with Crippen LogP contribution >= 0.6 is 0 Å². The fourth-order valence-corrected chi connectivity index (χ4v) is 1.96. The molecular weight excluding hydrogens is 160 g/mol. The normalized spacial score (nSPS) is 32.5. The molecule has 1 rings (SSSR count). The van der Waals surface area contributed by atoms with Crippen molar-refractivity contribution in [2.75, 3.05) is 13.1 Å². The van der Waals surface area contributed by atoms with E-state index in [1.165, 1.54) is 0 Å². The Labute approximate surface area is 81.5 Å². The Kier molecular flexibility index (Phi) is 3.77. The van der Waals surface area contributed by atoms with E-state index in [-0.39, 0.29) is 0 Å². The second kappa shape index (κ2) is 4.64. The zero-order chi connectivity index (χ0) is 9.84. The maximum atomic E-state index is 5.95. The molecule has 1 aliphatic rings. The number of likely N-dealkylation sites (tertiary alicyclic amines) is 1. The first-order valence-electron chi connectivity index (χ1n) is 5.14. The Morgan fingerprint density at radius 3 is 2.85 bits per heavy atom. The van der Waals surface area contributed by atoms with E-state index in [2.05, 4.69) is 24.7 Å². The smallest absolute Gasteiger partial charge is 0.0709 e. The predicted molar refractivity (Wildman–Crippen MR) is 56.2 cm³/mol. The zero-order valence-electron chi connectivity index (χ0n) is 8.66. The minimum atomic E-state index is 0.315. The topological polar surface area (TPSA) is 29.3 Å². The van der Waals surface area contributed by atoms with Crippen molar-refractivity contribution in [2.24, 2.45) is 11.7 Å². The van der Waals surface area contributed by atoms with E-state index in [0.29, 0.717) is 18.0 Å². The minimum Gasteiger partial charge on any atom is -0.327 e. The fourth-order valence-electron chi connectivity index (χ4n) is 1.96. The van der Waals surface area contributed by atoms with Gasteiger partial charge in [0.1, 0.15) is 0 Å². The lowest BCUT2D eigenvalue weighted by molar-refractivity contribution is 0.138. The fraction of sp³-hybridized carbons (Fsp3) is 0.818. The highest BCUT2D eigenvalue weighted by atomic mass is 15.2. The molecule has 0 radical (unpaired) electrons. The van der Waals surface area contributed by atoms with Crippen molar-refractivity contribution in [3.63, 3.8) is 0 Å². The van der Waals surface area contributed by atoms with Crippen molar-refractivity contribution in [3.05, 3.63) is 0 Å². The largest absolute Gasteiger partial charge is 0.327 e. The van der Waals surface area contributed by atoms with E-state index in [0.717, 1.165) is 25.9 Å². The van der Waals surface area contributed by atoms with Gasteiger partial charge in [0.2, 0.25) is 0 Å². The van der Waals surface area contributed by atoms with Crippen LogP contribution in [0.25, 0.3) is 0 Å². The van der Waals surface area contributed by atoms with Gasteiger partial charge in [0.05, 0.1) is 6.04 Å². The molecule has 1 fully saturated rings. The Balaban J connectivity index is 2.50. The number of piperidine rings is 1. The van der Waals surface area contributed by atoms with Gasteiger partial charge in [-0.2, -0.15) is 0 Å². The second-order valence-electron chi connectivity index (χ2n) is 4.02. The number of nitrogens with two attached hydrogens (primary N) is 1. The summed E-state index contributed by atoms with van der Waals surface area (Å²) in [6.45, 7) is 6.47. The van der Waals surface area contributed by atoms with Gasteiger partial charge in [-0.05, 0) is 18.8 Å². The molecule has 1 saturated heterocycles. The van der Waals surface area contributed by atoms with Crippen LogP contribution in [0, 0.1) is 18.3 Å². The molecule has 0 aromatic carbocycles. The first-order valence-corrected chi connectivity index (χ1v) is 5.14. The first-order chi connectivity index (χ1) is 6.19. The summed E-state index contributed by atoms with van der Waals surface area (Å²) in [6.07, 6.45) is 7.59. The van der Waals surface area contributed by atoms with Crippen molar-refractivity contribution in [3.8, 4) is 12.3 Å². The highest BCUT2D eigenvalue weighted by Crippen LogP contribution is 2.17. The van der Waals surface area contributed by atoms with Crippen LogP contribution in [0.4, 0.5) is 0 Å². The van der Waals surface area contributed by atoms with Crippen molar-refractivity contribution < 1.29 is 0 Å². The van der Waals surface area contributed by atoms with Gasteiger partial charge >= 0.3 is 0 Å². The van der Waals surface area contributed by atoms with E-state index >= 15 is 0 Å². The van der Waals surface area contributed by atoms with Gasteiger partial charge in [0.25, 0.3) is 0 Å². The molecule has 2 nitrogen and oxygen atoms in total. The summed E-state index contributed by atoms with van der Waals surface area (Å²) in [5.41, 5.74) is 5.95. The van der Waals surface area contributed by atoms with Crippen LogP contribution < -0.4 is 5.73 Å². The molecule has 0 aliphatic carbocycles. The maximum absolute atomic E-state index is 5.95. The lowest BCUT2D eigenvalue weighted by Crippen LogP contribution is -2.49. The van der Waals surface area contributed by atoms with E-state index in [1.807, 2.05) is 0 Å². The standard InChI is InChI=1S/C11H20N2/c1-4-10(5-2)13-7-6-11(12)9(3)8-13/h1,9-11H,5-8,12H2,2-3H3. The number of nitrogens with zero attached hydrogens (tertiary/aromatic N) is 1. The lowest BCUT2D eigenvalue weighted by atomic mass is 9.93. The molecule has 3 atom stereocenters. The summed E-state index contributed by atoms with van der Waals surface area (Å²) in [4.78, 5) is 2.38. The van der Waals surface area contributed by atoms with Gasteiger partial charge < -0.3 is 5.73 Å². The maximum Gasteiger partial charge on any atom is 0.0709 e. The summed E-state index contributed by atoms with van der Waals surface area (Å²) >= 11 is 0. The quantitative estimate of drug-likeness (QED) is 0.644. The number of hydrogen-bond donors (Lipinski definition) is 1. The molecule has 0 bridgehead atoms. The molecule has 2 N–H and O–H groups in total. The minimum absolute atomic E-state index is 0.315. The van der Waals surface area contributed by atoms with Gasteiger partial charge in [-0.3, -0.25) is 4.90 Å². The zero-order valence-corrected chi connectivity index (χ0v) is 8.66. The lowest BCUT2D eigenvalue weighted by Gasteiger charge is -2.37. The Bertz CT molecular complexity index is 195. The van der Waals surface area contributed by atoms with Crippen molar-refractivity contribution in [1.29, 1.82) is 0 Å². The van der Waals surface area contributed by atoms with E-state index < -0.39 is 0 Å². The van der Waals surface area contributed by atoms with Gasteiger partial charge in [-0.25, -0.2) is 0 Å². The molecule has 0 saturated carbocycles. The second-order valence-corrected chi connectivity index (χ2v) is 4.02. The summed E-state index contributed by atoms with van der Waals surface area (Å²) < 4.78 is 0. The van der Waals surface area contributed by atoms with Crippen LogP contribution in [-0.4, -0.2) is 30.1 Å². The molecule has 3 unspecified atom stereocenters. The van der Waals surface area contributed by atoms with Crippen molar-refractivity contribution in [1.82, 2.24) is 4.90 Å². The summed E-state index contributed by atoms with van der Waals surface area (Å²) in [5.74, 6) is 3.42. The van der Waals surface area contributed by atoms with Gasteiger partial charge in [-0.15, -0.1) is 6.42 Å². The van der Waals surface area contributed by atoms with Crippen LogP contribution in [0.1, 0.15) is 26.7 Å². The van der Waals surface area contributed by atoms with Crippen LogP contribution in [0.2, 0.25) is 0 Å². The summed E-state index contributed by atoms with van der Waals surface area (Å²) in [6, 6.07) is 0.682. The van der Waals surface area contributed by atoms with Crippen LogP contribution in [0.3, 0.4) is 0 Å². The van der Waals surface area contributed by atoms with E-state index in [4.69, 9.17) is 12.2 Å². The molecule has 2 heteroatoms. The third-order valence-corrected chi connectivity index (χ3v) is 3.02. The molecule has 0 aromatic heterocycles. The molecule has 0 spiro atoms. The van der Waals surface area contributed by atoms with Crippen LogP contribution in [0.5, 0.6) is 0 Å². The summed E-state index contributed by atoms with van der Waals surface area (Å²) in [5, 5.41) is 0. The first kappa shape index (κ1) is 10.6. The number of hydrogen-bond acceptors (Lipinski definition) is 2. The molecule has 1 aliphatic heterocycles. The van der Waals surface area contributed by atoms with E-state index in [1.54, 1.807) is 0 Å². The highest BCUT2D eigenvalue weighted by Gasteiger charge is 2.26. The SMILES string of the molecule is C#CC(CC)N1CCC(N)C(C)C1. The third kappa shape index (κ3) is 2.46. The van der Waals surface area contributed by atoms with Crippen molar-refractivity contribution >= 4 is 0 Å². The number of terminal acetylenes is 1. The predicted octanol–water partition coefficient (Wildman–Crippen LogP) is 1.07. The highest BCUT2D eigenvalue weighted by molar-refractivity contribution is 5.01. The average Bonchev–Trinajstić information content (AvgIpc) is 2.13. The average molecular weight is 180 g/mol. The van der Waals surface area contributed by atoms with Crippen molar-refractivity contribution in [2.45, 2.75) is 38.8 Å². The van der Waals surface area contributed by atoms with Gasteiger partial charge in [0, 0.05) is 19.1 Å². The number of rotatable bonds is 2. The Hall–Kier alpha value is -0.520. The van der Waals surface area contributed by atoms with Gasteiger partial charge in [0.15, 0.2) is 0 Å². The van der Waals surface area contributed by atoms with E-state index in [9.17, 15) is 0 Å². The molecule has 13 heavy (non-hydrogen) atoms. The molecule has 74 valence electrons. The summed E-state index contributed by atoms with van der Waals surface area (Å²) in [7, 11) is 0. The molecule has 0 amide bonds. The third-order valence-electron chi connectivity index (χ3n) is 3.02. The molecule has 0 aromatic rings. The Morgan fingerprint density at radius 2 is 2.38 bits per heavy atom. The van der Waals surface area contributed by atoms with Crippen LogP contribution in [0.15, 0.2) is 0 Å². The van der Waals surface area contributed by atoms with Crippen LogP contribution in [-0.2, 0) is 0 Å². The van der Waals surface area contributed by atoms with Gasteiger partial charge in [-0.1, -0.05) is 19.8 Å². The molecular formula is C11H20N2. The molecule has 1 heterocycles. The monoisotopic (exact) mass is 180 g/mol.